The molecule has 4 nitrogen and oxygen atoms in total. The van der Waals surface area contributed by atoms with Crippen LogP contribution in [0.3, 0.4) is 0 Å². The first kappa shape index (κ1) is 11.0. The summed E-state index contributed by atoms with van der Waals surface area (Å²) >= 11 is 0. The number of hydrogen-bond donors (Lipinski definition) is 1. The maximum absolute atomic E-state index is 12.2. The zero-order valence-electron chi connectivity index (χ0n) is 10.1. The number of carbonyl (C=O) groups excluding carboxylic acids is 1. The summed E-state index contributed by atoms with van der Waals surface area (Å²) in [6, 6.07) is 7.59. The third-order valence-corrected chi connectivity index (χ3v) is 3.15. The third kappa shape index (κ3) is 1.55. The molecule has 1 amide bonds. The molecule has 2 rings (SSSR count). The summed E-state index contributed by atoms with van der Waals surface area (Å²) < 4.78 is 0. The highest BCUT2D eigenvalue weighted by molar-refractivity contribution is 5.99. The van der Waals surface area contributed by atoms with Crippen LogP contribution in [0.2, 0.25) is 0 Å². The van der Waals surface area contributed by atoms with E-state index in [1.165, 1.54) is 0 Å². The van der Waals surface area contributed by atoms with Gasteiger partial charge in [0.1, 0.15) is 5.66 Å². The molecule has 1 aliphatic rings. The number of anilines is 1. The van der Waals surface area contributed by atoms with Crippen LogP contribution < -0.4 is 5.32 Å². The van der Waals surface area contributed by atoms with Crippen LogP contribution in [-0.2, 0) is 0 Å². The van der Waals surface area contributed by atoms with E-state index < -0.39 is 0 Å². The van der Waals surface area contributed by atoms with E-state index in [1.54, 1.807) is 12.1 Å². The Balaban J connectivity index is 2.55. The van der Waals surface area contributed by atoms with Crippen LogP contribution in [0.4, 0.5) is 5.69 Å². The second-order valence-electron chi connectivity index (χ2n) is 4.58. The first-order valence-electron chi connectivity index (χ1n) is 5.32. The number of nitrogens with zero attached hydrogens (tertiary/aromatic N) is 2. The summed E-state index contributed by atoms with van der Waals surface area (Å²) in [6.45, 7) is 4.08. The molecule has 0 spiro atoms. The topological polar surface area (TPSA) is 35.6 Å². The quantitative estimate of drug-likeness (QED) is 0.722. The largest absolute Gasteiger partial charge is 0.366 e. The highest BCUT2D eigenvalue weighted by Gasteiger charge is 2.34. The lowest BCUT2D eigenvalue weighted by Gasteiger charge is -2.39. The van der Waals surface area contributed by atoms with Crippen molar-refractivity contribution in [2.45, 2.75) is 19.5 Å². The van der Waals surface area contributed by atoms with Gasteiger partial charge in [-0.25, -0.2) is 0 Å². The van der Waals surface area contributed by atoms with Crippen LogP contribution in [0.25, 0.3) is 0 Å². The Kier molecular flexibility index (Phi) is 2.39. The number of carbonyl (C=O) groups is 1. The summed E-state index contributed by atoms with van der Waals surface area (Å²) in [5, 5.41) is 6.91. The van der Waals surface area contributed by atoms with Crippen LogP contribution >= 0.6 is 0 Å². The van der Waals surface area contributed by atoms with Gasteiger partial charge in [-0.1, -0.05) is 12.1 Å². The lowest BCUT2D eigenvalue weighted by Crippen LogP contribution is -2.54. The van der Waals surface area contributed by atoms with Gasteiger partial charge >= 0.3 is 0 Å². The zero-order chi connectivity index (χ0) is 11.9. The fourth-order valence-electron chi connectivity index (χ4n) is 1.87. The van der Waals surface area contributed by atoms with Crippen LogP contribution in [0.1, 0.15) is 24.2 Å². The fraction of sp³-hybridized carbons (Fsp3) is 0.417. The molecule has 0 saturated carbocycles. The van der Waals surface area contributed by atoms with E-state index in [-0.39, 0.29) is 11.6 Å². The minimum atomic E-state index is -0.295. The lowest BCUT2D eigenvalue weighted by molar-refractivity contribution is -0.0225. The molecule has 0 radical (unpaired) electrons. The van der Waals surface area contributed by atoms with Crippen molar-refractivity contribution in [1.82, 2.24) is 10.0 Å². The Morgan fingerprint density at radius 2 is 1.81 bits per heavy atom. The van der Waals surface area contributed by atoms with Crippen molar-refractivity contribution < 1.29 is 4.79 Å². The number of hydrogen-bond acceptors (Lipinski definition) is 3. The number of benzene rings is 1. The molecule has 1 N–H and O–H groups in total. The van der Waals surface area contributed by atoms with E-state index in [0.717, 1.165) is 5.69 Å². The zero-order valence-corrected chi connectivity index (χ0v) is 10.1. The van der Waals surface area contributed by atoms with Gasteiger partial charge in [-0.05, 0) is 26.0 Å². The number of para-hydroxylation sites is 1. The number of fused-ring (bicyclic) bond motifs is 1. The average molecular weight is 219 g/mol. The van der Waals surface area contributed by atoms with Gasteiger partial charge in [-0.3, -0.25) is 9.80 Å². The van der Waals surface area contributed by atoms with E-state index in [0.29, 0.717) is 5.56 Å². The minimum absolute atomic E-state index is 0.0103. The standard InChI is InChI=1S/C12H17N3O/c1-12(2)13-10-8-6-5-7-9(10)11(16)14(3)15(12)4/h5-8,13H,1-4H3. The van der Waals surface area contributed by atoms with Crippen molar-refractivity contribution in [3.8, 4) is 0 Å². The monoisotopic (exact) mass is 219 g/mol. The molecule has 0 aromatic heterocycles. The van der Waals surface area contributed by atoms with Gasteiger partial charge < -0.3 is 5.32 Å². The van der Waals surface area contributed by atoms with E-state index >= 15 is 0 Å². The smallest absolute Gasteiger partial charge is 0.270 e. The van der Waals surface area contributed by atoms with Crippen molar-refractivity contribution in [1.29, 1.82) is 0 Å². The first-order chi connectivity index (χ1) is 7.43. The van der Waals surface area contributed by atoms with Crippen LogP contribution in [-0.4, -0.2) is 35.7 Å². The summed E-state index contributed by atoms with van der Waals surface area (Å²) in [5.41, 5.74) is 1.30. The first-order valence-corrected chi connectivity index (χ1v) is 5.32. The highest BCUT2D eigenvalue weighted by atomic mass is 16.2. The van der Waals surface area contributed by atoms with Crippen molar-refractivity contribution in [3.05, 3.63) is 29.8 Å². The van der Waals surface area contributed by atoms with Crippen LogP contribution in [0.5, 0.6) is 0 Å². The predicted octanol–water partition coefficient (Wildman–Crippen LogP) is 1.77. The Morgan fingerprint density at radius 1 is 1.19 bits per heavy atom. The van der Waals surface area contributed by atoms with Crippen molar-refractivity contribution in [2.24, 2.45) is 0 Å². The van der Waals surface area contributed by atoms with Gasteiger partial charge in [0.2, 0.25) is 0 Å². The van der Waals surface area contributed by atoms with E-state index in [9.17, 15) is 4.79 Å². The SMILES string of the molecule is CN1C(=O)c2ccccc2NC(C)(C)N1C. The minimum Gasteiger partial charge on any atom is -0.366 e. The summed E-state index contributed by atoms with van der Waals surface area (Å²) in [7, 11) is 3.69. The Bertz CT molecular complexity index is 428. The summed E-state index contributed by atoms with van der Waals surface area (Å²) in [4.78, 5) is 12.2. The number of nitrogens with one attached hydrogen (secondary N) is 1. The molecule has 0 bridgehead atoms. The molecular weight excluding hydrogens is 202 g/mol. The van der Waals surface area contributed by atoms with Gasteiger partial charge in [-0.15, -0.1) is 0 Å². The second kappa shape index (κ2) is 3.49. The Morgan fingerprint density at radius 3 is 2.50 bits per heavy atom. The van der Waals surface area contributed by atoms with Gasteiger partial charge in [0.15, 0.2) is 0 Å². The van der Waals surface area contributed by atoms with Crippen molar-refractivity contribution in [2.75, 3.05) is 19.4 Å². The maximum atomic E-state index is 12.2. The molecule has 16 heavy (non-hydrogen) atoms. The molecule has 1 aliphatic heterocycles. The average Bonchev–Trinajstić information content (AvgIpc) is 2.31. The van der Waals surface area contributed by atoms with Gasteiger partial charge in [-0.2, -0.15) is 5.01 Å². The molecule has 1 aromatic rings. The normalized spacial score (nSPS) is 20.0. The molecule has 0 aliphatic carbocycles. The molecular formula is C12H17N3O. The molecule has 1 aromatic carbocycles. The van der Waals surface area contributed by atoms with Gasteiger partial charge in [0.05, 0.1) is 5.56 Å². The van der Waals surface area contributed by atoms with Gasteiger partial charge in [0.25, 0.3) is 5.91 Å². The van der Waals surface area contributed by atoms with Crippen molar-refractivity contribution in [3.63, 3.8) is 0 Å². The maximum Gasteiger partial charge on any atom is 0.270 e. The van der Waals surface area contributed by atoms with Gasteiger partial charge in [0, 0.05) is 19.8 Å². The van der Waals surface area contributed by atoms with Crippen LogP contribution in [0, 0.1) is 0 Å². The summed E-state index contributed by atoms with van der Waals surface area (Å²) in [5.74, 6) is 0.0103. The predicted molar refractivity (Wildman–Crippen MR) is 64.0 cm³/mol. The number of rotatable bonds is 0. The van der Waals surface area contributed by atoms with E-state index in [1.807, 2.05) is 50.2 Å². The molecule has 0 atom stereocenters. The second-order valence-corrected chi connectivity index (χ2v) is 4.58. The number of hydrazine groups is 1. The number of amides is 1. The van der Waals surface area contributed by atoms with E-state index in [4.69, 9.17) is 0 Å². The fourth-order valence-corrected chi connectivity index (χ4v) is 1.87. The lowest BCUT2D eigenvalue weighted by atomic mass is 10.1. The van der Waals surface area contributed by atoms with Crippen molar-refractivity contribution >= 4 is 11.6 Å². The molecule has 0 fully saturated rings. The molecule has 0 unspecified atom stereocenters. The molecule has 0 saturated heterocycles. The third-order valence-electron chi connectivity index (χ3n) is 3.15. The Labute approximate surface area is 95.8 Å². The highest BCUT2D eigenvalue weighted by Crippen LogP contribution is 2.27. The van der Waals surface area contributed by atoms with Crippen LogP contribution in [0.15, 0.2) is 24.3 Å². The molecule has 4 heteroatoms. The molecule has 1 heterocycles. The summed E-state index contributed by atoms with van der Waals surface area (Å²) in [6.07, 6.45) is 0. The molecule has 86 valence electrons. The Hall–Kier alpha value is -1.55. The van der Waals surface area contributed by atoms with E-state index in [2.05, 4.69) is 5.32 Å².